The van der Waals surface area contributed by atoms with Gasteiger partial charge in [-0.05, 0) is 43.5 Å². The highest BCUT2D eigenvalue weighted by Gasteiger charge is 2.13. The molecule has 1 aromatic rings. The van der Waals surface area contributed by atoms with Crippen molar-refractivity contribution < 1.29 is 17.3 Å². The maximum atomic E-state index is 12.0. The molecule has 5 nitrogen and oxygen atoms in total. The van der Waals surface area contributed by atoms with E-state index in [0.717, 1.165) is 25.2 Å². The molecule has 0 aromatic heterocycles. The fourth-order valence-corrected chi connectivity index (χ4v) is 5.37. The molecule has 0 saturated heterocycles. The monoisotopic (exact) mass is 467 g/mol. The van der Waals surface area contributed by atoms with Crippen molar-refractivity contribution in [2.24, 2.45) is 5.92 Å². The summed E-state index contributed by atoms with van der Waals surface area (Å²) < 4.78 is 36.9. The number of benzene rings is 1. The van der Waals surface area contributed by atoms with Crippen molar-refractivity contribution in [3.8, 4) is 5.75 Å². The van der Waals surface area contributed by atoms with Crippen LogP contribution in [0.15, 0.2) is 24.3 Å². The van der Waals surface area contributed by atoms with Crippen molar-refractivity contribution >= 4 is 16.0 Å². The molecule has 184 valence electrons. The van der Waals surface area contributed by atoms with Crippen LogP contribution in [-0.4, -0.2) is 21.6 Å². The first-order valence-corrected chi connectivity index (χ1v) is 14.4. The van der Waals surface area contributed by atoms with Crippen LogP contribution < -0.4 is 9.46 Å². The SMILES string of the molecule is CCOc1ccc(NS(=O)(=O)OCCCCCCCCCCCCCC2CCCC2)cc1. The van der Waals surface area contributed by atoms with Crippen molar-refractivity contribution in [2.75, 3.05) is 17.9 Å². The zero-order valence-corrected chi connectivity index (χ0v) is 21.0. The standard InChI is InChI=1S/C26H45NO4S/c1-2-30-26-21-19-25(20-22-26)27-32(28,29)31-23-15-11-9-7-5-3-4-6-8-10-12-16-24-17-13-14-18-24/h19-22,24,27H,2-18,23H2,1H3. The third-order valence-electron chi connectivity index (χ3n) is 6.38. The van der Waals surface area contributed by atoms with Gasteiger partial charge in [-0.25, -0.2) is 0 Å². The van der Waals surface area contributed by atoms with Gasteiger partial charge in [0.05, 0.1) is 18.9 Å². The van der Waals surface area contributed by atoms with E-state index < -0.39 is 10.3 Å². The van der Waals surface area contributed by atoms with Gasteiger partial charge in [-0.15, -0.1) is 0 Å². The highest BCUT2D eigenvalue weighted by molar-refractivity contribution is 7.88. The Morgan fingerprint density at radius 2 is 1.34 bits per heavy atom. The molecular weight excluding hydrogens is 422 g/mol. The molecule has 1 aliphatic carbocycles. The molecule has 1 saturated carbocycles. The Bertz CT molecular complexity index is 684. The molecule has 0 atom stereocenters. The van der Waals surface area contributed by atoms with Gasteiger partial charge in [0.25, 0.3) is 0 Å². The highest BCUT2D eigenvalue weighted by Crippen LogP contribution is 2.29. The van der Waals surface area contributed by atoms with Crippen LogP contribution in [-0.2, 0) is 14.5 Å². The van der Waals surface area contributed by atoms with Crippen LogP contribution in [0.2, 0.25) is 0 Å². The summed E-state index contributed by atoms with van der Waals surface area (Å²) in [5, 5.41) is 0. The van der Waals surface area contributed by atoms with Crippen molar-refractivity contribution in [3.05, 3.63) is 24.3 Å². The van der Waals surface area contributed by atoms with Gasteiger partial charge in [0, 0.05) is 0 Å². The fraction of sp³-hybridized carbons (Fsp3) is 0.769. The van der Waals surface area contributed by atoms with Crippen LogP contribution in [0.1, 0.15) is 110 Å². The van der Waals surface area contributed by atoms with Gasteiger partial charge < -0.3 is 4.74 Å². The first-order chi connectivity index (χ1) is 15.6. The van der Waals surface area contributed by atoms with Gasteiger partial charge >= 0.3 is 10.3 Å². The molecule has 2 rings (SSSR count). The zero-order valence-electron chi connectivity index (χ0n) is 20.2. The quantitative estimate of drug-likeness (QED) is 0.212. The lowest BCUT2D eigenvalue weighted by molar-refractivity contribution is 0.309. The second kappa shape index (κ2) is 16.4. The molecule has 0 radical (unpaired) electrons. The normalized spacial score (nSPS) is 14.7. The van der Waals surface area contributed by atoms with E-state index in [9.17, 15) is 8.42 Å². The minimum atomic E-state index is -3.77. The van der Waals surface area contributed by atoms with Crippen molar-refractivity contribution in [1.82, 2.24) is 0 Å². The van der Waals surface area contributed by atoms with Gasteiger partial charge in [0.15, 0.2) is 0 Å². The zero-order chi connectivity index (χ0) is 22.9. The molecule has 32 heavy (non-hydrogen) atoms. The van der Waals surface area contributed by atoms with Crippen molar-refractivity contribution in [3.63, 3.8) is 0 Å². The van der Waals surface area contributed by atoms with Gasteiger partial charge in [-0.2, -0.15) is 8.42 Å². The lowest BCUT2D eigenvalue weighted by atomic mass is 9.99. The highest BCUT2D eigenvalue weighted by atomic mass is 32.2. The van der Waals surface area contributed by atoms with Gasteiger partial charge in [0.1, 0.15) is 5.75 Å². The number of unbranched alkanes of at least 4 members (excludes halogenated alkanes) is 10. The number of hydrogen-bond donors (Lipinski definition) is 1. The molecule has 6 heteroatoms. The van der Waals surface area contributed by atoms with E-state index in [2.05, 4.69) is 4.72 Å². The summed E-state index contributed by atoms with van der Waals surface area (Å²) in [5.74, 6) is 1.76. The summed E-state index contributed by atoms with van der Waals surface area (Å²) in [4.78, 5) is 0. The Balaban J connectivity index is 1.36. The van der Waals surface area contributed by atoms with E-state index in [4.69, 9.17) is 8.92 Å². The predicted molar refractivity (Wildman–Crippen MR) is 133 cm³/mol. The molecular formula is C26H45NO4S. The summed E-state index contributed by atoms with van der Waals surface area (Å²) in [6.45, 7) is 2.71. The average Bonchev–Trinajstić information content (AvgIpc) is 3.29. The number of ether oxygens (including phenoxy) is 1. The molecule has 0 heterocycles. The summed E-state index contributed by atoms with van der Waals surface area (Å²) in [5.41, 5.74) is 0.474. The van der Waals surface area contributed by atoms with Gasteiger partial charge in [0.2, 0.25) is 0 Å². The molecule has 1 aliphatic rings. The van der Waals surface area contributed by atoms with E-state index in [1.807, 2.05) is 6.92 Å². The molecule has 1 fully saturated rings. The van der Waals surface area contributed by atoms with Crippen molar-refractivity contribution in [2.45, 2.75) is 110 Å². The van der Waals surface area contributed by atoms with Crippen LogP contribution in [0.5, 0.6) is 5.75 Å². The van der Waals surface area contributed by atoms with Crippen LogP contribution in [0, 0.1) is 5.92 Å². The minimum absolute atomic E-state index is 0.229. The summed E-state index contributed by atoms with van der Waals surface area (Å²) in [6.07, 6.45) is 21.2. The lowest BCUT2D eigenvalue weighted by Gasteiger charge is -2.09. The fourth-order valence-electron chi connectivity index (χ4n) is 4.55. The Hall–Kier alpha value is -1.27. The van der Waals surface area contributed by atoms with E-state index in [-0.39, 0.29) is 6.61 Å². The third kappa shape index (κ3) is 12.7. The Kier molecular flexibility index (Phi) is 13.8. The maximum absolute atomic E-state index is 12.0. The largest absolute Gasteiger partial charge is 0.494 e. The van der Waals surface area contributed by atoms with Crippen LogP contribution in [0.4, 0.5) is 5.69 Å². The molecule has 0 amide bonds. The Morgan fingerprint density at radius 1 is 0.812 bits per heavy atom. The second-order valence-electron chi connectivity index (χ2n) is 9.16. The smallest absolute Gasteiger partial charge is 0.359 e. The van der Waals surface area contributed by atoms with Crippen LogP contribution in [0.3, 0.4) is 0 Å². The third-order valence-corrected chi connectivity index (χ3v) is 7.34. The van der Waals surface area contributed by atoms with Crippen LogP contribution >= 0.6 is 0 Å². The first-order valence-electron chi connectivity index (χ1n) is 13.0. The number of rotatable bonds is 19. The Morgan fingerprint density at radius 3 is 1.91 bits per heavy atom. The van der Waals surface area contributed by atoms with E-state index >= 15 is 0 Å². The lowest BCUT2D eigenvalue weighted by Crippen LogP contribution is -2.16. The van der Waals surface area contributed by atoms with Gasteiger partial charge in [-0.3, -0.25) is 8.91 Å². The first kappa shape index (κ1) is 27.0. The number of nitrogens with one attached hydrogen (secondary N) is 1. The molecule has 1 N–H and O–H groups in total. The summed E-state index contributed by atoms with van der Waals surface area (Å²) in [6, 6.07) is 6.81. The minimum Gasteiger partial charge on any atom is -0.494 e. The maximum Gasteiger partial charge on any atom is 0.359 e. The molecule has 0 unspecified atom stereocenters. The van der Waals surface area contributed by atoms with Gasteiger partial charge in [-0.1, -0.05) is 96.3 Å². The predicted octanol–water partition coefficient (Wildman–Crippen LogP) is 7.63. The molecule has 0 bridgehead atoms. The average molecular weight is 468 g/mol. The van der Waals surface area contributed by atoms with Crippen LogP contribution in [0.25, 0.3) is 0 Å². The second-order valence-corrected chi connectivity index (χ2v) is 10.5. The van der Waals surface area contributed by atoms with E-state index in [0.29, 0.717) is 18.0 Å². The molecule has 0 spiro atoms. The number of hydrogen-bond acceptors (Lipinski definition) is 4. The van der Waals surface area contributed by atoms with E-state index in [1.165, 1.54) is 83.5 Å². The van der Waals surface area contributed by atoms with E-state index in [1.54, 1.807) is 24.3 Å². The van der Waals surface area contributed by atoms with Crippen molar-refractivity contribution in [1.29, 1.82) is 0 Å². The topological polar surface area (TPSA) is 64.6 Å². The summed E-state index contributed by atoms with van der Waals surface area (Å²) >= 11 is 0. The molecule has 0 aliphatic heterocycles. The number of anilines is 1. The molecule has 1 aromatic carbocycles. The summed E-state index contributed by atoms with van der Waals surface area (Å²) in [7, 11) is -3.77. The Labute approximate surface area is 196 Å².